The van der Waals surface area contributed by atoms with Crippen molar-refractivity contribution in [2.24, 2.45) is 0 Å². The molecular weight excluding hydrogens is 487 g/mol. The van der Waals surface area contributed by atoms with Crippen molar-refractivity contribution >= 4 is 38.6 Å². The van der Waals surface area contributed by atoms with Crippen molar-refractivity contribution < 1.29 is 18.3 Å². The third-order valence-corrected chi connectivity index (χ3v) is 7.42. The second-order valence-corrected chi connectivity index (χ2v) is 9.70. The summed E-state index contributed by atoms with van der Waals surface area (Å²) in [5.41, 5.74) is 3.14. The van der Waals surface area contributed by atoms with Gasteiger partial charge in [-0.2, -0.15) is 5.10 Å². The number of thiazole rings is 1. The van der Waals surface area contributed by atoms with E-state index >= 15 is 0 Å². The highest BCUT2D eigenvalue weighted by molar-refractivity contribution is 7.16. The number of methoxy groups -OCH3 is 1. The Balaban J connectivity index is 1.29. The molecular formula is C25H19FN4O3S2. The van der Waals surface area contributed by atoms with Gasteiger partial charge in [0.05, 0.1) is 24.4 Å². The molecule has 0 unspecified atom stereocenters. The van der Waals surface area contributed by atoms with Gasteiger partial charge in [0.2, 0.25) is 4.96 Å². The number of hydrogen-bond donors (Lipinski definition) is 0. The van der Waals surface area contributed by atoms with E-state index < -0.39 is 6.17 Å². The van der Waals surface area contributed by atoms with Crippen LogP contribution in [-0.2, 0) is 6.61 Å². The van der Waals surface area contributed by atoms with Gasteiger partial charge in [-0.15, -0.1) is 11.3 Å². The van der Waals surface area contributed by atoms with Crippen molar-refractivity contribution in [3.63, 3.8) is 0 Å². The molecule has 4 aromatic heterocycles. The van der Waals surface area contributed by atoms with Gasteiger partial charge in [-0.05, 0) is 13.0 Å². The number of ether oxygens (including phenoxy) is 2. The Bertz CT molecular complexity index is 1600. The van der Waals surface area contributed by atoms with Crippen LogP contribution in [0.25, 0.3) is 38.0 Å². The first-order chi connectivity index (χ1) is 17.1. The molecule has 0 aliphatic heterocycles. The first kappa shape index (κ1) is 21.8. The SMILES string of the molecule is COc1cc(OCc2csc(-c3ccccc3)n2)c2cc(-c3cn4nc([C@H](C)F)sc4n3)oc2c1. The zero-order chi connectivity index (χ0) is 23.9. The Hall–Kier alpha value is -3.76. The predicted molar refractivity (Wildman–Crippen MR) is 134 cm³/mol. The highest BCUT2D eigenvalue weighted by atomic mass is 32.1. The molecule has 2 aromatic carbocycles. The molecule has 0 aliphatic rings. The average molecular weight is 507 g/mol. The number of rotatable bonds is 7. The van der Waals surface area contributed by atoms with Crippen LogP contribution in [0.5, 0.6) is 11.5 Å². The molecule has 0 saturated heterocycles. The summed E-state index contributed by atoms with van der Waals surface area (Å²) in [6.07, 6.45) is 0.595. The molecule has 6 rings (SSSR count). The summed E-state index contributed by atoms with van der Waals surface area (Å²) in [7, 11) is 1.60. The number of nitrogens with zero attached hydrogens (tertiary/aromatic N) is 4. The molecule has 4 heterocycles. The molecule has 7 nitrogen and oxygen atoms in total. The van der Waals surface area contributed by atoms with Crippen molar-refractivity contribution in [2.45, 2.75) is 19.7 Å². The molecule has 0 bridgehead atoms. The summed E-state index contributed by atoms with van der Waals surface area (Å²) in [6.45, 7) is 1.77. The van der Waals surface area contributed by atoms with E-state index in [1.165, 1.54) is 18.3 Å². The highest BCUT2D eigenvalue weighted by Gasteiger charge is 2.18. The Kier molecular flexibility index (Phi) is 5.46. The molecule has 6 aromatic rings. The Morgan fingerprint density at radius 1 is 1.14 bits per heavy atom. The highest BCUT2D eigenvalue weighted by Crippen LogP contribution is 2.38. The standard InChI is InChI=1S/C25H19FN4O3S2/c1-14(26)23-29-30-11-19(28-25(30)35-23)22-10-18-20(8-17(31-2)9-21(18)33-22)32-12-16-13-34-24(27-16)15-6-4-3-5-7-15/h3-11,13-14H,12H2,1-2H3/t14-/m0/s1. The van der Waals surface area contributed by atoms with E-state index in [-0.39, 0.29) is 0 Å². The maximum Gasteiger partial charge on any atom is 0.212 e. The van der Waals surface area contributed by atoms with Crippen molar-refractivity contribution in [3.05, 3.63) is 70.8 Å². The smallest absolute Gasteiger partial charge is 0.212 e. The van der Waals surface area contributed by atoms with Crippen molar-refractivity contribution in [3.8, 4) is 33.5 Å². The average Bonchev–Trinajstić information content (AvgIpc) is 3.65. The third kappa shape index (κ3) is 4.15. The summed E-state index contributed by atoms with van der Waals surface area (Å²) in [5.74, 6) is 1.80. The zero-order valence-corrected chi connectivity index (χ0v) is 20.4. The number of halogens is 1. The van der Waals surface area contributed by atoms with Crippen LogP contribution in [0.1, 0.15) is 23.8 Å². The maximum absolute atomic E-state index is 13.6. The van der Waals surface area contributed by atoms with Crippen LogP contribution in [0.15, 0.2) is 64.5 Å². The molecule has 0 amide bonds. The number of benzene rings is 2. The lowest BCUT2D eigenvalue weighted by Crippen LogP contribution is -1.96. The minimum atomic E-state index is -1.13. The van der Waals surface area contributed by atoms with Gasteiger partial charge in [0.15, 0.2) is 16.9 Å². The van der Waals surface area contributed by atoms with Crippen LogP contribution in [0, 0.1) is 0 Å². The Morgan fingerprint density at radius 2 is 2.00 bits per heavy atom. The second-order valence-electron chi connectivity index (χ2n) is 7.86. The minimum Gasteiger partial charge on any atom is -0.496 e. The molecule has 0 radical (unpaired) electrons. The number of furan rings is 1. The largest absolute Gasteiger partial charge is 0.496 e. The molecule has 176 valence electrons. The zero-order valence-electron chi connectivity index (χ0n) is 18.8. The lowest BCUT2D eigenvalue weighted by atomic mass is 10.2. The van der Waals surface area contributed by atoms with E-state index in [4.69, 9.17) is 18.9 Å². The van der Waals surface area contributed by atoms with Gasteiger partial charge < -0.3 is 13.9 Å². The van der Waals surface area contributed by atoms with Crippen LogP contribution in [-0.4, -0.2) is 26.7 Å². The van der Waals surface area contributed by atoms with Gasteiger partial charge in [0, 0.05) is 23.1 Å². The number of aromatic nitrogens is 4. The quantitative estimate of drug-likeness (QED) is 0.233. The van der Waals surface area contributed by atoms with Crippen LogP contribution in [0.4, 0.5) is 4.39 Å². The number of fused-ring (bicyclic) bond motifs is 2. The van der Waals surface area contributed by atoms with Gasteiger partial charge in [-0.3, -0.25) is 0 Å². The number of hydrogen-bond acceptors (Lipinski definition) is 8. The van der Waals surface area contributed by atoms with Crippen LogP contribution < -0.4 is 9.47 Å². The molecule has 0 aliphatic carbocycles. The predicted octanol–water partition coefficient (Wildman–Crippen LogP) is 6.95. The van der Waals surface area contributed by atoms with Crippen LogP contribution in [0.3, 0.4) is 0 Å². The molecule has 0 spiro atoms. The molecule has 0 saturated carbocycles. The first-order valence-electron chi connectivity index (χ1n) is 10.8. The Labute approximate surface area is 207 Å². The summed E-state index contributed by atoms with van der Waals surface area (Å²) in [4.78, 5) is 9.86. The Morgan fingerprint density at radius 3 is 2.77 bits per heavy atom. The summed E-state index contributed by atoms with van der Waals surface area (Å²) in [6, 6.07) is 15.6. The van der Waals surface area contributed by atoms with E-state index in [9.17, 15) is 4.39 Å². The van der Waals surface area contributed by atoms with Crippen molar-refractivity contribution in [1.29, 1.82) is 0 Å². The third-order valence-electron chi connectivity index (χ3n) is 5.41. The summed E-state index contributed by atoms with van der Waals surface area (Å²) in [5, 5.41) is 8.38. The summed E-state index contributed by atoms with van der Waals surface area (Å²) >= 11 is 2.80. The summed E-state index contributed by atoms with van der Waals surface area (Å²) < 4.78 is 32.8. The second kappa shape index (κ2) is 8.79. The van der Waals surface area contributed by atoms with Crippen LogP contribution in [0.2, 0.25) is 0 Å². The number of imidazole rings is 1. The normalized spacial score (nSPS) is 12.4. The maximum atomic E-state index is 13.6. The molecule has 35 heavy (non-hydrogen) atoms. The van der Waals surface area contributed by atoms with E-state index in [1.807, 2.05) is 53.9 Å². The monoisotopic (exact) mass is 506 g/mol. The van der Waals surface area contributed by atoms with Gasteiger partial charge in [-0.25, -0.2) is 18.9 Å². The molecule has 0 N–H and O–H groups in total. The fourth-order valence-corrected chi connectivity index (χ4v) is 5.30. The fraction of sp³-hybridized carbons (Fsp3) is 0.160. The number of alkyl halides is 1. The lowest BCUT2D eigenvalue weighted by Gasteiger charge is -2.07. The van der Waals surface area contributed by atoms with E-state index in [2.05, 4.69) is 10.1 Å². The molecule has 1 atom stereocenters. The van der Waals surface area contributed by atoms with Gasteiger partial charge in [0.25, 0.3) is 0 Å². The first-order valence-corrected chi connectivity index (χ1v) is 12.5. The topological polar surface area (TPSA) is 74.7 Å². The van der Waals surface area contributed by atoms with Crippen LogP contribution >= 0.6 is 22.7 Å². The van der Waals surface area contributed by atoms with Gasteiger partial charge >= 0.3 is 0 Å². The lowest BCUT2D eigenvalue weighted by molar-refractivity contribution is 0.303. The van der Waals surface area contributed by atoms with Crippen molar-refractivity contribution in [2.75, 3.05) is 7.11 Å². The van der Waals surface area contributed by atoms with Gasteiger partial charge in [0.1, 0.15) is 34.4 Å². The van der Waals surface area contributed by atoms with E-state index in [1.54, 1.807) is 29.2 Å². The van der Waals surface area contributed by atoms with Crippen molar-refractivity contribution in [1.82, 2.24) is 19.6 Å². The van der Waals surface area contributed by atoms with E-state index in [0.29, 0.717) is 45.1 Å². The molecule has 0 fully saturated rings. The fourth-order valence-electron chi connectivity index (χ4n) is 3.68. The van der Waals surface area contributed by atoms with Gasteiger partial charge in [-0.1, -0.05) is 41.7 Å². The molecule has 10 heteroatoms. The minimum absolute atomic E-state index is 0.306. The van der Waals surface area contributed by atoms with E-state index in [0.717, 1.165) is 21.7 Å².